The van der Waals surface area contributed by atoms with Gasteiger partial charge in [0.05, 0.1) is 5.56 Å². The Labute approximate surface area is 175 Å². The molecular weight excluding hydrogens is 374 g/mol. The van der Waals surface area contributed by atoms with Crippen LogP contribution in [0.15, 0.2) is 88.1 Å². The molecule has 3 aromatic carbocycles. The average molecular weight is 397 g/mol. The molecule has 150 valence electrons. The van der Waals surface area contributed by atoms with Crippen LogP contribution >= 0.6 is 0 Å². The number of hydrogen-bond acceptors (Lipinski definition) is 4. The highest BCUT2D eigenvalue weighted by molar-refractivity contribution is 5.95. The number of fused-ring (bicyclic) bond motifs is 3. The molecule has 0 aliphatic carbocycles. The summed E-state index contributed by atoms with van der Waals surface area (Å²) in [5.74, 6) is 1.16. The molecule has 0 saturated heterocycles. The van der Waals surface area contributed by atoms with Crippen molar-refractivity contribution in [3.05, 3.63) is 100 Å². The van der Waals surface area contributed by atoms with Crippen molar-refractivity contribution in [1.29, 1.82) is 0 Å². The van der Waals surface area contributed by atoms with Gasteiger partial charge in [-0.1, -0.05) is 67.6 Å². The molecule has 1 aliphatic heterocycles. The third-order valence-electron chi connectivity index (χ3n) is 5.74. The fourth-order valence-corrected chi connectivity index (χ4v) is 4.23. The highest BCUT2D eigenvalue weighted by Crippen LogP contribution is 2.36. The fraction of sp³-hybridized carbons (Fsp3) is 0.192. The van der Waals surface area contributed by atoms with Gasteiger partial charge in [0.1, 0.15) is 18.1 Å². The minimum Gasteiger partial charge on any atom is -0.478 e. The van der Waals surface area contributed by atoms with Crippen molar-refractivity contribution >= 4 is 11.0 Å². The van der Waals surface area contributed by atoms with Crippen LogP contribution in [0.1, 0.15) is 24.0 Å². The Bertz CT molecular complexity index is 1230. The third kappa shape index (κ3) is 3.51. The van der Waals surface area contributed by atoms with Crippen LogP contribution in [0, 0.1) is 0 Å². The number of rotatable bonds is 4. The fourth-order valence-electron chi connectivity index (χ4n) is 4.23. The van der Waals surface area contributed by atoms with Crippen LogP contribution in [0.5, 0.6) is 5.75 Å². The minimum atomic E-state index is -0.343. The monoisotopic (exact) mass is 397 g/mol. The summed E-state index contributed by atoms with van der Waals surface area (Å²) < 4.78 is 11.7. The van der Waals surface area contributed by atoms with E-state index in [1.54, 1.807) is 6.07 Å². The number of nitrogens with zero attached hydrogens (tertiary/aromatic N) is 1. The maximum absolute atomic E-state index is 12.4. The molecule has 0 amide bonds. The number of hydrogen-bond donors (Lipinski definition) is 0. The molecule has 5 rings (SSSR count). The zero-order valence-electron chi connectivity index (χ0n) is 16.9. The molecule has 0 radical (unpaired) electrons. The van der Waals surface area contributed by atoms with E-state index in [9.17, 15) is 4.79 Å². The second-order valence-electron chi connectivity index (χ2n) is 7.86. The second kappa shape index (κ2) is 7.81. The third-order valence-corrected chi connectivity index (χ3v) is 5.74. The Morgan fingerprint density at radius 3 is 2.47 bits per heavy atom. The maximum atomic E-state index is 12.4. The van der Waals surface area contributed by atoms with Crippen molar-refractivity contribution in [3.8, 4) is 16.9 Å². The zero-order chi connectivity index (χ0) is 20.5. The van der Waals surface area contributed by atoms with Crippen LogP contribution in [0.3, 0.4) is 0 Å². The Morgan fingerprint density at radius 2 is 1.70 bits per heavy atom. The highest BCUT2D eigenvalue weighted by atomic mass is 16.5. The minimum absolute atomic E-state index is 0.343. The van der Waals surface area contributed by atoms with Gasteiger partial charge in [0.15, 0.2) is 0 Å². The molecule has 2 heterocycles. The molecule has 0 saturated carbocycles. The van der Waals surface area contributed by atoms with Gasteiger partial charge in [-0.3, -0.25) is 4.90 Å². The molecule has 1 unspecified atom stereocenters. The molecule has 4 nitrogen and oxygen atoms in total. The van der Waals surface area contributed by atoms with Gasteiger partial charge in [0, 0.05) is 24.5 Å². The first-order valence-electron chi connectivity index (χ1n) is 10.2. The average Bonchev–Trinajstić information content (AvgIpc) is 2.79. The van der Waals surface area contributed by atoms with E-state index in [1.165, 1.54) is 5.56 Å². The molecule has 0 spiro atoms. The highest BCUT2D eigenvalue weighted by Gasteiger charge is 2.24. The summed E-state index contributed by atoms with van der Waals surface area (Å²) in [5.41, 5.74) is 4.41. The molecule has 4 heteroatoms. The molecule has 1 aliphatic rings. The van der Waals surface area contributed by atoms with Crippen LogP contribution in [-0.2, 0) is 6.54 Å². The first-order chi connectivity index (χ1) is 14.7. The molecule has 30 heavy (non-hydrogen) atoms. The summed E-state index contributed by atoms with van der Waals surface area (Å²) in [5, 5.41) is 0.932. The summed E-state index contributed by atoms with van der Waals surface area (Å²) >= 11 is 0. The van der Waals surface area contributed by atoms with E-state index in [1.807, 2.05) is 48.5 Å². The van der Waals surface area contributed by atoms with Crippen LogP contribution < -0.4 is 10.4 Å². The van der Waals surface area contributed by atoms with Crippen molar-refractivity contribution < 1.29 is 9.15 Å². The van der Waals surface area contributed by atoms with E-state index in [0.717, 1.165) is 34.4 Å². The van der Waals surface area contributed by atoms with Crippen molar-refractivity contribution in [2.75, 3.05) is 13.3 Å². The zero-order valence-corrected chi connectivity index (χ0v) is 16.9. The molecule has 1 atom stereocenters. The molecule has 0 bridgehead atoms. The quantitative estimate of drug-likeness (QED) is 0.432. The van der Waals surface area contributed by atoms with E-state index in [0.29, 0.717) is 24.8 Å². The normalized spacial score (nSPS) is 14.8. The summed E-state index contributed by atoms with van der Waals surface area (Å²) in [6.07, 6.45) is 0. The van der Waals surface area contributed by atoms with Gasteiger partial charge >= 0.3 is 5.63 Å². The van der Waals surface area contributed by atoms with Crippen LogP contribution in [0.25, 0.3) is 22.1 Å². The Kier molecular flexibility index (Phi) is 4.85. The van der Waals surface area contributed by atoms with Gasteiger partial charge in [-0.15, -0.1) is 0 Å². The topological polar surface area (TPSA) is 42.7 Å². The molecule has 0 N–H and O–H groups in total. The molecule has 4 aromatic rings. The lowest BCUT2D eigenvalue weighted by Crippen LogP contribution is -2.34. The van der Waals surface area contributed by atoms with E-state index in [-0.39, 0.29) is 5.63 Å². The lowest BCUT2D eigenvalue weighted by atomic mass is 9.98. The summed E-state index contributed by atoms with van der Waals surface area (Å²) in [4.78, 5) is 14.6. The van der Waals surface area contributed by atoms with E-state index in [2.05, 4.69) is 36.1 Å². The Hall–Kier alpha value is -3.37. The molecular formula is C26H23NO3. The van der Waals surface area contributed by atoms with Crippen molar-refractivity contribution in [1.82, 2.24) is 4.90 Å². The Balaban J connectivity index is 1.52. The summed E-state index contributed by atoms with van der Waals surface area (Å²) in [6.45, 7) is 4.30. The lowest BCUT2D eigenvalue weighted by molar-refractivity contribution is 0.0909. The Morgan fingerprint density at radius 1 is 0.967 bits per heavy atom. The molecule has 0 fully saturated rings. The van der Waals surface area contributed by atoms with Gasteiger partial charge in [-0.2, -0.15) is 0 Å². The summed E-state index contributed by atoms with van der Waals surface area (Å²) in [6, 6.07) is 26.0. The molecule has 1 aromatic heterocycles. The number of ether oxygens (including phenoxy) is 1. The summed E-state index contributed by atoms with van der Waals surface area (Å²) in [7, 11) is 0. The van der Waals surface area contributed by atoms with Gasteiger partial charge in [0.2, 0.25) is 0 Å². The van der Waals surface area contributed by atoms with Crippen molar-refractivity contribution in [2.24, 2.45) is 0 Å². The standard InChI is InChI=1S/C26H23NO3/c1-18(19-8-4-2-5-9-19)15-27-16-23-24(29-17-27)13-12-21-22(14-25(28)30-26(21)23)20-10-6-3-7-11-20/h2-14,18H,15-17H2,1H3. The first-order valence-corrected chi connectivity index (χ1v) is 10.2. The van der Waals surface area contributed by atoms with Crippen LogP contribution in [0.4, 0.5) is 0 Å². The predicted octanol–water partition coefficient (Wildman–Crippen LogP) is 5.42. The maximum Gasteiger partial charge on any atom is 0.336 e. The van der Waals surface area contributed by atoms with Gasteiger partial charge in [-0.05, 0) is 34.7 Å². The SMILES string of the molecule is CC(CN1COc2ccc3c(-c4ccccc4)cc(=O)oc3c2C1)c1ccccc1. The lowest BCUT2D eigenvalue weighted by Gasteiger charge is -2.31. The van der Waals surface area contributed by atoms with Crippen molar-refractivity contribution in [2.45, 2.75) is 19.4 Å². The van der Waals surface area contributed by atoms with E-state index in [4.69, 9.17) is 9.15 Å². The largest absolute Gasteiger partial charge is 0.478 e. The van der Waals surface area contributed by atoms with Crippen LogP contribution in [-0.4, -0.2) is 18.2 Å². The first kappa shape index (κ1) is 18.6. The van der Waals surface area contributed by atoms with E-state index >= 15 is 0 Å². The predicted molar refractivity (Wildman–Crippen MR) is 119 cm³/mol. The number of benzene rings is 3. The van der Waals surface area contributed by atoms with Gasteiger partial charge in [-0.25, -0.2) is 4.79 Å². The smallest absolute Gasteiger partial charge is 0.336 e. The van der Waals surface area contributed by atoms with Gasteiger partial charge < -0.3 is 9.15 Å². The second-order valence-corrected chi connectivity index (χ2v) is 7.86. The van der Waals surface area contributed by atoms with Crippen LogP contribution in [0.2, 0.25) is 0 Å². The van der Waals surface area contributed by atoms with Gasteiger partial charge in [0.25, 0.3) is 0 Å². The van der Waals surface area contributed by atoms with Crippen molar-refractivity contribution in [3.63, 3.8) is 0 Å². The van der Waals surface area contributed by atoms with E-state index < -0.39 is 0 Å².